The summed E-state index contributed by atoms with van der Waals surface area (Å²) in [6, 6.07) is 0. The van der Waals surface area contributed by atoms with Gasteiger partial charge in [-0.25, -0.2) is 0 Å². The van der Waals surface area contributed by atoms with Gasteiger partial charge < -0.3 is 4.79 Å². The van der Waals surface area contributed by atoms with Crippen molar-refractivity contribution in [3.05, 3.63) is 12.2 Å². The Labute approximate surface area is 61.1 Å². The number of rotatable bonds is 1. The average Bonchev–Trinajstić information content (AvgIpc) is 2.46. The Kier molecular flexibility index (Phi) is 1.19. The molecule has 54 valence electrons. The largest absolute Gasteiger partial charge is 0.303 e. The first-order chi connectivity index (χ1) is 4.83. The second-order valence-corrected chi connectivity index (χ2v) is 3.52. The zero-order valence-electron chi connectivity index (χ0n) is 6.16. The normalized spacial score (nSPS) is 50.1. The lowest BCUT2D eigenvalue weighted by Crippen LogP contribution is -2.17. The fourth-order valence-corrected chi connectivity index (χ4v) is 2.33. The van der Waals surface area contributed by atoms with Crippen LogP contribution in [-0.2, 0) is 4.79 Å². The van der Waals surface area contributed by atoms with Gasteiger partial charge in [0.05, 0.1) is 0 Å². The van der Waals surface area contributed by atoms with Gasteiger partial charge in [-0.15, -0.1) is 0 Å². The number of fused-ring (bicyclic) bond motifs is 2. The third-order valence-electron chi connectivity index (χ3n) is 3.08. The molecular weight excluding hydrogens is 124 g/mol. The highest BCUT2D eigenvalue weighted by Crippen LogP contribution is 2.46. The number of aldehydes is 1. The van der Waals surface area contributed by atoms with Gasteiger partial charge in [-0.3, -0.25) is 0 Å². The van der Waals surface area contributed by atoms with E-state index in [2.05, 4.69) is 19.1 Å². The molecule has 0 spiro atoms. The fourth-order valence-electron chi connectivity index (χ4n) is 2.33. The van der Waals surface area contributed by atoms with Crippen molar-refractivity contribution < 1.29 is 4.79 Å². The summed E-state index contributed by atoms with van der Waals surface area (Å²) >= 11 is 0. The molecule has 0 saturated heterocycles. The van der Waals surface area contributed by atoms with Crippen LogP contribution in [-0.4, -0.2) is 6.29 Å². The van der Waals surface area contributed by atoms with Crippen molar-refractivity contribution in [3.8, 4) is 0 Å². The van der Waals surface area contributed by atoms with Crippen LogP contribution >= 0.6 is 0 Å². The smallest absolute Gasteiger partial charge is 0.123 e. The third kappa shape index (κ3) is 0.606. The number of hydrogen-bond acceptors (Lipinski definition) is 1. The Morgan fingerprint density at radius 3 is 2.50 bits per heavy atom. The van der Waals surface area contributed by atoms with Crippen molar-refractivity contribution in [1.82, 2.24) is 0 Å². The second kappa shape index (κ2) is 1.94. The van der Waals surface area contributed by atoms with Crippen LogP contribution < -0.4 is 0 Å². The quantitative estimate of drug-likeness (QED) is 0.395. The van der Waals surface area contributed by atoms with E-state index < -0.39 is 0 Å². The van der Waals surface area contributed by atoms with E-state index in [1.807, 2.05) is 0 Å². The van der Waals surface area contributed by atoms with Crippen molar-refractivity contribution in [3.63, 3.8) is 0 Å². The molecule has 2 aliphatic rings. The summed E-state index contributed by atoms with van der Waals surface area (Å²) < 4.78 is 0. The van der Waals surface area contributed by atoms with Crippen LogP contribution in [0, 0.1) is 23.7 Å². The predicted octanol–water partition coefficient (Wildman–Crippen LogP) is 1.64. The van der Waals surface area contributed by atoms with Gasteiger partial charge in [0.15, 0.2) is 0 Å². The number of carbonyl (C=O) groups excluding carboxylic acids is 1. The van der Waals surface area contributed by atoms with E-state index >= 15 is 0 Å². The molecule has 0 aromatic rings. The van der Waals surface area contributed by atoms with Gasteiger partial charge in [0.2, 0.25) is 0 Å². The minimum Gasteiger partial charge on any atom is -0.303 e. The Balaban J connectivity index is 2.25. The van der Waals surface area contributed by atoms with E-state index in [1.165, 1.54) is 6.42 Å². The standard InChI is InChI=1S/C9H12O/c1-6-7-2-3-8(4-7)9(6)5-10/h2-3,5-9H,4H2,1H3/t6-,7-,8+,9+/m0/s1. The lowest BCUT2D eigenvalue weighted by molar-refractivity contribution is -0.112. The highest BCUT2D eigenvalue weighted by molar-refractivity contribution is 5.57. The molecule has 1 fully saturated rings. The van der Waals surface area contributed by atoms with Gasteiger partial charge in [-0.2, -0.15) is 0 Å². The van der Waals surface area contributed by atoms with Crippen molar-refractivity contribution >= 4 is 6.29 Å². The topological polar surface area (TPSA) is 17.1 Å². The van der Waals surface area contributed by atoms with Gasteiger partial charge >= 0.3 is 0 Å². The Morgan fingerprint density at radius 1 is 1.40 bits per heavy atom. The molecule has 1 saturated carbocycles. The zero-order valence-corrected chi connectivity index (χ0v) is 6.16. The van der Waals surface area contributed by atoms with Gasteiger partial charge in [0.25, 0.3) is 0 Å². The van der Waals surface area contributed by atoms with Crippen LogP contribution in [0.2, 0.25) is 0 Å². The minimum absolute atomic E-state index is 0.329. The third-order valence-corrected chi connectivity index (χ3v) is 3.08. The van der Waals surface area contributed by atoms with E-state index in [-0.39, 0.29) is 0 Å². The van der Waals surface area contributed by atoms with Gasteiger partial charge in [-0.05, 0) is 24.2 Å². The highest BCUT2D eigenvalue weighted by atomic mass is 16.1. The van der Waals surface area contributed by atoms with Crippen molar-refractivity contribution in [2.75, 3.05) is 0 Å². The maximum Gasteiger partial charge on any atom is 0.123 e. The van der Waals surface area contributed by atoms with Gasteiger partial charge in [0, 0.05) is 5.92 Å². The molecule has 0 radical (unpaired) electrons. The van der Waals surface area contributed by atoms with Crippen LogP contribution in [0.4, 0.5) is 0 Å². The van der Waals surface area contributed by atoms with E-state index in [0.29, 0.717) is 23.7 Å². The summed E-state index contributed by atoms with van der Waals surface area (Å²) in [5.41, 5.74) is 0. The van der Waals surface area contributed by atoms with E-state index in [0.717, 1.165) is 6.29 Å². The zero-order chi connectivity index (χ0) is 7.14. The van der Waals surface area contributed by atoms with Crippen LogP contribution in [0.1, 0.15) is 13.3 Å². The van der Waals surface area contributed by atoms with Crippen molar-refractivity contribution in [1.29, 1.82) is 0 Å². The molecule has 0 unspecified atom stereocenters. The van der Waals surface area contributed by atoms with Crippen LogP contribution in [0.25, 0.3) is 0 Å². The van der Waals surface area contributed by atoms with Crippen molar-refractivity contribution in [2.45, 2.75) is 13.3 Å². The Hall–Kier alpha value is -0.590. The first-order valence-corrected chi connectivity index (χ1v) is 3.96. The van der Waals surface area contributed by atoms with Crippen LogP contribution in [0.3, 0.4) is 0 Å². The summed E-state index contributed by atoms with van der Waals surface area (Å²) in [5, 5.41) is 0. The molecular formula is C9H12O. The molecule has 10 heavy (non-hydrogen) atoms. The first kappa shape index (κ1) is 6.14. The van der Waals surface area contributed by atoms with Gasteiger partial charge in [-0.1, -0.05) is 19.1 Å². The van der Waals surface area contributed by atoms with Crippen molar-refractivity contribution in [2.24, 2.45) is 23.7 Å². The maximum absolute atomic E-state index is 10.6. The molecule has 0 heterocycles. The van der Waals surface area contributed by atoms with Crippen LogP contribution in [0.5, 0.6) is 0 Å². The molecule has 2 bridgehead atoms. The van der Waals surface area contributed by atoms with E-state index in [4.69, 9.17) is 0 Å². The number of allylic oxidation sites excluding steroid dienone is 2. The fraction of sp³-hybridized carbons (Fsp3) is 0.667. The molecule has 0 N–H and O–H groups in total. The highest BCUT2D eigenvalue weighted by Gasteiger charge is 2.41. The monoisotopic (exact) mass is 136 g/mol. The molecule has 0 aromatic carbocycles. The summed E-state index contributed by atoms with van der Waals surface area (Å²) in [7, 11) is 0. The number of carbonyl (C=O) groups is 1. The summed E-state index contributed by atoms with van der Waals surface area (Å²) in [6.07, 6.45) is 6.85. The second-order valence-electron chi connectivity index (χ2n) is 3.52. The lowest BCUT2D eigenvalue weighted by atomic mass is 9.86. The van der Waals surface area contributed by atoms with E-state index in [9.17, 15) is 4.79 Å². The minimum atomic E-state index is 0.329. The molecule has 0 aromatic heterocycles. The summed E-state index contributed by atoms with van der Waals surface area (Å²) in [6.45, 7) is 2.19. The molecule has 0 amide bonds. The first-order valence-electron chi connectivity index (χ1n) is 3.96. The molecule has 0 aliphatic heterocycles. The Morgan fingerprint density at radius 2 is 2.10 bits per heavy atom. The van der Waals surface area contributed by atoms with Gasteiger partial charge in [0.1, 0.15) is 6.29 Å². The molecule has 1 nitrogen and oxygen atoms in total. The SMILES string of the molecule is C[C@@H]1[C@@H](C=O)[C@@H]2C=C[C@H]1C2. The predicted molar refractivity (Wildman–Crippen MR) is 39.5 cm³/mol. The molecule has 4 atom stereocenters. The molecule has 1 heteroatoms. The van der Waals surface area contributed by atoms with E-state index in [1.54, 1.807) is 0 Å². The average molecular weight is 136 g/mol. The summed E-state index contributed by atoms with van der Waals surface area (Å²) in [4.78, 5) is 10.6. The number of hydrogen-bond donors (Lipinski definition) is 0. The molecule has 2 aliphatic carbocycles. The maximum atomic E-state index is 10.6. The van der Waals surface area contributed by atoms with Crippen LogP contribution in [0.15, 0.2) is 12.2 Å². The lowest BCUT2D eigenvalue weighted by Gasteiger charge is -2.18. The molecule has 2 rings (SSSR count). The summed E-state index contributed by atoms with van der Waals surface area (Å²) in [5.74, 6) is 2.22. The Bertz CT molecular complexity index is 183.